The Kier molecular flexibility index (Phi) is 5.87. The van der Waals surface area contributed by atoms with Gasteiger partial charge in [0, 0.05) is 21.7 Å². The zero-order chi connectivity index (χ0) is 20.1. The molecule has 0 saturated heterocycles. The minimum Gasteiger partial charge on any atom is -0.457 e. The number of ketones is 1. The van der Waals surface area contributed by atoms with Gasteiger partial charge >= 0.3 is 0 Å². The van der Waals surface area contributed by atoms with Crippen molar-refractivity contribution < 1.29 is 14.0 Å². The molecule has 0 aliphatic rings. The normalized spacial score (nSPS) is 11.0. The molecule has 138 valence electrons. The molecule has 0 aliphatic carbocycles. The van der Waals surface area contributed by atoms with Gasteiger partial charge in [0.25, 0.3) is 5.91 Å². The van der Waals surface area contributed by atoms with E-state index in [1.807, 2.05) is 30.3 Å². The Balaban J connectivity index is 1.83. The first kappa shape index (κ1) is 19.3. The van der Waals surface area contributed by atoms with Crippen LogP contribution in [0.2, 0.25) is 0 Å². The van der Waals surface area contributed by atoms with E-state index in [0.717, 1.165) is 10.0 Å². The maximum atomic E-state index is 12.5. The summed E-state index contributed by atoms with van der Waals surface area (Å²) in [4.78, 5) is 24.2. The summed E-state index contributed by atoms with van der Waals surface area (Å²) < 4.78 is 6.68. The van der Waals surface area contributed by atoms with Crippen molar-refractivity contribution in [1.82, 2.24) is 0 Å². The lowest BCUT2D eigenvalue weighted by Gasteiger charge is -2.08. The van der Waals surface area contributed by atoms with Crippen molar-refractivity contribution in [3.8, 4) is 17.4 Å². The average Bonchev–Trinajstić information content (AvgIpc) is 3.15. The van der Waals surface area contributed by atoms with E-state index in [1.54, 1.807) is 36.4 Å². The number of benzene rings is 2. The van der Waals surface area contributed by atoms with Gasteiger partial charge in [-0.05, 0) is 43.3 Å². The van der Waals surface area contributed by atoms with Crippen LogP contribution in [-0.4, -0.2) is 11.7 Å². The molecule has 0 aliphatic heterocycles. The van der Waals surface area contributed by atoms with Crippen molar-refractivity contribution in [2.24, 2.45) is 0 Å². The van der Waals surface area contributed by atoms with Crippen LogP contribution in [0.3, 0.4) is 0 Å². The molecule has 0 saturated carbocycles. The van der Waals surface area contributed by atoms with Gasteiger partial charge in [0.05, 0.1) is 5.69 Å². The minimum absolute atomic E-state index is 0.130. The van der Waals surface area contributed by atoms with Crippen LogP contribution in [-0.2, 0) is 4.79 Å². The molecule has 1 aromatic heterocycles. The number of anilines is 1. The number of nitriles is 1. The maximum Gasteiger partial charge on any atom is 0.266 e. The number of Topliss-reactive ketones (excluding diaryl/α,β-unsaturated/α-hetero) is 1. The predicted octanol–water partition coefficient (Wildman–Crippen LogP) is 5.46. The zero-order valence-corrected chi connectivity index (χ0v) is 16.5. The number of rotatable bonds is 5. The van der Waals surface area contributed by atoms with Crippen molar-refractivity contribution in [2.75, 3.05) is 5.32 Å². The lowest BCUT2D eigenvalue weighted by atomic mass is 10.1. The number of halogens is 1. The Morgan fingerprint density at radius 2 is 1.79 bits per heavy atom. The summed E-state index contributed by atoms with van der Waals surface area (Å²) in [5, 5.41) is 12.0. The Hall–Kier alpha value is -3.43. The number of nitrogens with zero attached hydrogens (tertiary/aromatic N) is 1. The van der Waals surface area contributed by atoms with Crippen LogP contribution < -0.4 is 5.32 Å². The van der Waals surface area contributed by atoms with Crippen LogP contribution in [0.15, 0.2) is 75.1 Å². The monoisotopic (exact) mass is 434 g/mol. The summed E-state index contributed by atoms with van der Waals surface area (Å²) in [5.41, 5.74) is 1.48. The van der Waals surface area contributed by atoms with E-state index in [-0.39, 0.29) is 11.4 Å². The number of para-hydroxylation sites is 1. The predicted molar refractivity (Wildman–Crippen MR) is 111 cm³/mol. The van der Waals surface area contributed by atoms with E-state index in [1.165, 1.54) is 13.0 Å². The van der Waals surface area contributed by atoms with Crippen molar-refractivity contribution in [3.05, 3.63) is 82.0 Å². The molecule has 5 nitrogen and oxygen atoms in total. The first-order valence-corrected chi connectivity index (χ1v) is 9.16. The van der Waals surface area contributed by atoms with E-state index in [9.17, 15) is 14.9 Å². The molecule has 0 unspecified atom stereocenters. The number of carbonyl (C=O) groups is 2. The third-order valence-electron chi connectivity index (χ3n) is 3.96. The van der Waals surface area contributed by atoms with E-state index in [0.29, 0.717) is 22.8 Å². The first-order valence-electron chi connectivity index (χ1n) is 8.37. The van der Waals surface area contributed by atoms with Gasteiger partial charge < -0.3 is 9.73 Å². The highest BCUT2D eigenvalue weighted by atomic mass is 79.9. The van der Waals surface area contributed by atoms with E-state index in [4.69, 9.17) is 4.42 Å². The number of nitrogens with one attached hydrogen (secondary N) is 1. The van der Waals surface area contributed by atoms with Crippen LogP contribution in [0.25, 0.3) is 17.4 Å². The van der Waals surface area contributed by atoms with Crippen molar-refractivity contribution in [2.45, 2.75) is 6.92 Å². The molecule has 0 atom stereocenters. The molecule has 0 fully saturated rings. The summed E-state index contributed by atoms with van der Waals surface area (Å²) in [6, 6.07) is 19.6. The second-order valence-corrected chi connectivity index (χ2v) is 6.85. The van der Waals surface area contributed by atoms with Crippen LogP contribution in [0, 0.1) is 11.3 Å². The molecule has 6 heteroatoms. The molecular formula is C22H15BrN2O3. The van der Waals surface area contributed by atoms with Crippen LogP contribution >= 0.6 is 15.9 Å². The Morgan fingerprint density at radius 3 is 2.46 bits per heavy atom. The SMILES string of the molecule is CC(=O)c1ccccc1NC(=O)/C(C#N)=C\c1ccc(-c2ccc(Br)cc2)o1. The van der Waals surface area contributed by atoms with Crippen molar-refractivity contribution in [1.29, 1.82) is 5.26 Å². The second-order valence-electron chi connectivity index (χ2n) is 5.93. The molecule has 0 radical (unpaired) electrons. The van der Waals surface area contributed by atoms with E-state index >= 15 is 0 Å². The van der Waals surface area contributed by atoms with Gasteiger partial charge in [-0.2, -0.15) is 5.26 Å². The summed E-state index contributed by atoms with van der Waals surface area (Å²) in [6.45, 7) is 1.42. The molecule has 1 heterocycles. The summed E-state index contributed by atoms with van der Waals surface area (Å²) in [6.07, 6.45) is 1.37. The van der Waals surface area contributed by atoms with Gasteiger partial charge in [-0.25, -0.2) is 0 Å². The van der Waals surface area contributed by atoms with Crippen LogP contribution in [0.4, 0.5) is 5.69 Å². The molecule has 1 N–H and O–H groups in total. The highest BCUT2D eigenvalue weighted by molar-refractivity contribution is 9.10. The molecule has 2 aromatic carbocycles. The molecule has 28 heavy (non-hydrogen) atoms. The number of carbonyl (C=O) groups excluding carboxylic acids is 2. The lowest BCUT2D eigenvalue weighted by Crippen LogP contribution is -2.15. The fourth-order valence-electron chi connectivity index (χ4n) is 2.58. The molecule has 0 bridgehead atoms. The second kappa shape index (κ2) is 8.51. The molecule has 3 rings (SSSR count). The quantitative estimate of drug-likeness (QED) is 0.328. The molecular weight excluding hydrogens is 420 g/mol. The Morgan fingerprint density at radius 1 is 1.07 bits per heavy atom. The molecule has 0 spiro atoms. The molecule has 3 aromatic rings. The number of amides is 1. The van der Waals surface area contributed by atoms with Gasteiger partial charge in [-0.15, -0.1) is 0 Å². The summed E-state index contributed by atoms with van der Waals surface area (Å²) in [5.74, 6) is 0.212. The third-order valence-corrected chi connectivity index (χ3v) is 4.49. The maximum absolute atomic E-state index is 12.5. The summed E-state index contributed by atoms with van der Waals surface area (Å²) >= 11 is 3.38. The first-order chi connectivity index (χ1) is 13.5. The number of furan rings is 1. The van der Waals surface area contributed by atoms with Gasteiger partial charge in [-0.3, -0.25) is 9.59 Å². The Labute approximate surface area is 170 Å². The Bertz CT molecular complexity index is 1110. The zero-order valence-electron chi connectivity index (χ0n) is 14.9. The van der Waals surface area contributed by atoms with E-state index in [2.05, 4.69) is 21.2 Å². The van der Waals surface area contributed by atoms with E-state index < -0.39 is 5.91 Å². The van der Waals surface area contributed by atoms with Crippen LogP contribution in [0.5, 0.6) is 0 Å². The van der Waals surface area contributed by atoms with Crippen molar-refractivity contribution >= 4 is 39.4 Å². The smallest absolute Gasteiger partial charge is 0.266 e. The fraction of sp³-hybridized carbons (Fsp3) is 0.0455. The highest BCUT2D eigenvalue weighted by Crippen LogP contribution is 2.25. The number of hydrogen-bond acceptors (Lipinski definition) is 4. The highest BCUT2D eigenvalue weighted by Gasteiger charge is 2.14. The fourth-order valence-corrected chi connectivity index (χ4v) is 2.84. The topological polar surface area (TPSA) is 83.1 Å². The minimum atomic E-state index is -0.613. The van der Waals surface area contributed by atoms with Crippen LogP contribution in [0.1, 0.15) is 23.0 Å². The lowest BCUT2D eigenvalue weighted by molar-refractivity contribution is -0.112. The largest absolute Gasteiger partial charge is 0.457 e. The standard InChI is InChI=1S/C22H15BrN2O3/c1-14(26)19-4-2-3-5-20(19)25-22(27)16(13-24)12-18-10-11-21(28-18)15-6-8-17(23)9-7-15/h2-12H,1H3,(H,25,27)/b16-12-. The van der Waals surface area contributed by atoms with Gasteiger partial charge in [0.1, 0.15) is 23.2 Å². The average molecular weight is 435 g/mol. The van der Waals surface area contributed by atoms with Gasteiger partial charge in [-0.1, -0.05) is 40.2 Å². The third kappa shape index (κ3) is 4.45. The van der Waals surface area contributed by atoms with Crippen molar-refractivity contribution in [3.63, 3.8) is 0 Å². The molecule has 1 amide bonds. The van der Waals surface area contributed by atoms with Gasteiger partial charge in [0.2, 0.25) is 0 Å². The van der Waals surface area contributed by atoms with Gasteiger partial charge in [0.15, 0.2) is 5.78 Å². The number of hydrogen-bond donors (Lipinski definition) is 1. The summed E-state index contributed by atoms with van der Waals surface area (Å²) in [7, 11) is 0.